The lowest BCUT2D eigenvalue weighted by molar-refractivity contribution is -0.134. The van der Waals surface area contributed by atoms with Crippen molar-refractivity contribution in [3.63, 3.8) is 0 Å². The molecule has 1 aliphatic rings. The van der Waals surface area contributed by atoms with Crippen LogP contribution >= 0.6 is 0 Å². The van der Waals surface area contributed by atoms with Gasteiger partial charge in [0, 0.05) is 41.4 Å². The number of hydrogen-bond acceptors (Lipinski definition) is 2. The molecule has 1 aromatic carbocycles. The number of hydrogen-bond donors (Lipinski definition) is 1. The third-order valence-corrected chi connectivity index (χ3v) is 5.28. The monoisotopic (exact) mass is 366 g/mol. The van der Waals surface area contributed by atoms with Gasteiger partial charge in [-0.1, -0.05) is 6.08 Å². The van der Waals surface area contributed by atoms with E-state index >= 15 is 0 Å². The van der Waals surface area contributed by atoms with Crippen molar-refractivity contribution in [3.05, 3.63) is 59.3 Å². The Morgan fingerprint density at radius 1 is 1.30 bits per heavy atom. The lowest BCUT2D eigenvalue weighted by Crippen LogP contribution is -2.39. The Hall–Kier alpha value is -2.89. The van der Waals surface area contributed by atoms with Crippen LogP contribution in [0.3, 0.4) is 0 Å². The van der Waals surface area contributed by atoms with E-state index < -0.39 is 0 Å². The second-order valence-corrected chi connectivity index (χ2v) is 7.20. The van der Waals surface area contributed by atoms with E-state index in [-0.39, 0.29) is 17.8 Å². The van der Waals surface area contributed by atoms with Crippen LogP contribution in [0.25, 0.3) is 16.5 Å². The molecule has 1 N–H and O–H groups in total. The number of H-pyrrole nitrogens is 1. The predicted octanol–water partition coefficient (Wildman–Crippen LogP) is 4.00. The first-order valence-electron chi connectivity index (χ1n) is 9.21. The molecule has 0 aliphatic carbocycles. The summed E-state index contributed by atoms with van der Waals surface area (Å²) in [5, 5.41) is 5.45. The minimum atomic E-state index is -0.315. The van der Waals surface area contributed by atoms with Crippen LogP contribution in [0.1, 0.15) is 36.3 Å². The summed E-state index contributed by atoms with van der Waals surface area (Å²) in [7, 11) is 0. The van der Waals surface area contributed by atoms with Gasteiger partial charge < -0.3 is 9.88 Å². The van der Waals surface area contributed by atoms with E-state index in [2.05, 4.69) is 16.2 Å². The summed E-state index contributed by atoms with van der Waals surface area (Å²) in [6.45, 7) is 7.05. The van der Waals surface area contributed by atoms with Crippen molar-refractivity contribution in [2.75, 3.05) is 13.1 Å². The number of carbonyl (C=O) groups excluding carboxylic acids is 1. The number of aryl methyl sites for hydroxylation is 2. The number of halogens is 1. The Bertz CT molecular complexity index is 1050. The maximum absolute atomic E-state index is 13.4. The Morgan fingerprint density at radius 2 is 2.11 bits per heavy atom. The normalized spacial score (nSPS) is 15.9. The van der Waals surface area contributed by atoms with Gasteiger partial charge in [-0.05, 0) is 57.0 Å². The molecule has 1 amide bonds. The molecule has 0 bridgehead atoms. The molecule has 5 nitrogen and oxygen atoms in total. The second kappa shape index (κ2) is 6.68. The molecule has 1 atom stereocenters. The fraction of sp³-hybridized carbons (Fsp3) is 0.333. The Balaban J connectivity index is 1.52. The van der Waals surface area contributed by atoms with E-state index in [9.17, 15) is 9.18 Å². The van der Waals surface area contributed by atoms with Gasteiger partial charge in [0.15, 0.2) is 0 Å². The van der Waals surface area contributed by atoms with Crippen LogP contribution in [0, 0.1) is 19.7 Å². The Morgan fingerprint density at radius 3 is 2.78 bits per heavy atom. The minimum absolute atomic E-state index is 0.0810. The molecule has 3 heterocycles. The summed E-state index contributed by atoms with van der Waals surface area (Å²) in [4.78, 5) is 17.9. The molecule has 140 valence electrons. The van der Waals surface area contributed by atoms with E-state index in [1.165, 1.54) is 17.7 Å². The quantitative estimate of drug-likeness (QED) is 0.762. The first kappa shape index (κ1) is 17.5. The van der Waals surface area contributed by atoms with E-state index in [0.717, 1.165) is 34.3 Å². The summed E-state index contributed by atoms with van der Waals surface area (Å²) in [6.07, 6.45) is 4.80. The molecule has 0 radical (unpaired) electrons. The molecular weight excluding hydrogens is 343 g/mol. The van der Waals surface area contributed by atoms with Gasteiger partial charge >= 0.3 is 0 Å². The van der Waals surface area contributed by atoms with Crippen molar-refractivity contribution in [2.45, 2.75) is 33.2 Å². The van der Waals surface area contributed by atoms with Crippen LogP contribution < -0.4 is 0 Å². The number of rotatable bonds is 3. The van der Waals surface area contributed by atoms with E-state index in [4.69, 9.17) is 0 Å². The maximum atomic E-state index is 13.4. The summed E-state index contributed by atoms with van der Waals surface area (Å²) in [5.74, 6) is -0.166. The topological polar surface area (TPSA) is 53.9 Å². The van der Waals surface area contributed by atoms with Gasteiger partial charge in [-0.2, -0.15) is 5.10 Å². The highest BCUT2D eigenvalue weighted by atomic mass is 19.1. The zero-order valence-electron chi connectivity index (χ0n) is 15.8. The van der Waals surface area contributed by atoms with Crippen LogP contribution in [0.2, 0.25) is 0 Å². The summed E-state index contributed by atoms with van der Waals surface area (Å²) in [6, 6.07) is 6.46. The van der Waals surface area contributed by atoms with Crippen molar-refractivity contribution < 1.29 is 9.18 Å². The zero-order chi connectivity index (χ0) is 19.1. The van der Waals surface area contributed by atoms with E-state index in [1.54, 1.807) is 10.7 Å². The van der Waals surface area contributed by atoms with Crippen LogP contribution in [0.5, 0.6) is 0 Å². The number of nitrogens with one attached hydrogen (secondary N) is 1. The molecule has 0 fully saturated rings. The van der Waals surface area contributed by atoms with Gasteiger partial charge in [0.25, 0.3) is 0 Å². The second-order valence-electron chi connectivity index (χ2n) is 7.20. The number of aromatic nitrogens is 3. The molecule has 0 saturated heterocycles. The average molecular weight is 366 g/mol. The molecule has 4 rings (SSSR count). The lowest BCUT2D eigenvalue weighted by Gasteiger charge is -2.29. The standard InChI is InChI=1S/C21H23FN4O/c1-13-10-14(2)26(24-13)15(3)21(27)25-8-6-16(7-9-25)19-12-23-20-11-17(22)4-5-18(19)20/h4-6,10-12,15,23H,7-9H2,1-3H3. The smallest absolute Gasteiger partial charge is 0.247 e. The molecule has 2 aromatic heterocycles. The largest absolute Gasteiger partial charge is 0.360 e. The van der Waals surface area contributed by atoms with Gasteiger partial charge in [-0.3, -0.25) is 9.48 Å². The first-order chi connectivity index (χ1) is 12.9. The number of carbonyl (C=O) groups is 1. The molecular formula is C21H23FN4O. The number of benzene rings is 1. The molecule has 1 unspecified atom stereocenters. The molecule has 0 spiro atoms. The van der Waals surface area contributed by atoms with Crippen molar-refractivity contribution in [3.8, 4) is 0 Å². The summed E-state index contributed by atoms with van der Waals surface area (Å²) >= 11 is 0. The number of nitrogens with zero attached hydrogens (tertiary/aromatic N) is 3. The third kappa shape index (κ3) is 3.16. The average Bonchev–Trinajstić information content (AvgIpc) is 3.22. The summed E-state index contributed by atoms with van der Waals surface area (Å²) < 4.78 is 15.2. The first-order valence-corrected chi connectivity index (χ1v) is 9.21. The highest BCUT2D eigenvalue weighted by Gasteiger charge is 2.25. The Kier molecular flexibility index (Phi) is 4.34. The molecule has 0 saturated carbocycles. The minimum Gasteiger partial charge on any atom is -0.360 e. The summed E-state index contributed by atoms with van der Waals surface area (Å²) in [5.41, 5.74) is 4.98. The van der Waals surface area contributed by atoms with Gasteiger partial charge in [-0.25, -0.2) is 4.39 Å². The number of amides is 1. The van der Waals surface area contributed by atoms with Crippen LogP contribution in [-0.4, -0.2) is 38.7 Å². The maximum Gasteiger partial charge on any atom is 0.247 e. The van der Waals surface area contributed by atoms with Crippen LogP contribution in [-0.2, 0) is 4.79 Å². The fourth-order valence-electron chi connectivity index (χ4n) is 3.89. The van der Waals surface area contributed by atoms with Gasteiger partial charge in [0.05, 0.1) is 5.69 Å². The SMILES string of the molecule is Cc1cc(C)n(C(C)C(=O)N2CC=C(c3c[nH]c4cc(F)ccc34)CC2)n1. The highest BCUT2D eigenvalue weighted by Crippen LogP contribution is 2.30. The third-order valence-electron chi connectivity index (χ3n) is 5.28. The molecule has 6 heteroatoms. The van der Waals surface area contributed by atoms with Gasteiger partial charge in [0.2, 0.25) is 5.91 Å². The van der Waals surface area contributed by atoms with Gasteiger partial charge in [-0.15, -0.1) is 0 Å². The molecule has 1 aliphatic heterocycles. The van der Waals surface area contributed by atoms with Crippen LogP contribution in [0.4, 0.5) is 4.39 Å². The van der Waals surface area contributed by atoms with Crippen molar-refractivity contribution in [1.82, 2.24) is 19.7 Å². The van der Waals surface area contributed by atoms with Crippen molar-refractivity contribution in [1.29, 1.82) is 0 Å². The zero-order valence-corrected chi connectivity index (χ0v) is 15.8. The predicted molar refractivity (Wildman–Crippen MR) is 104 cm³/mol. The molecule has 27 heavy (non-hydrogen) atoms. The lowest BCUT2D eigenvalue weighted by atomic mass is 9.98. The highest BCUT2D eigenvalue weighted by molar-refractivity contribution is 5.93. The molecule has 3 aromatic rings. The fourth-order valence-corrected chi connectivity index (χ4v) is 3.89. The van der Waals surface area contributed by atoms with Crippen LogP contribution in [0.15, 0.2) is 36.5 Å². The number of fused-ring (bicyclic) bond motifs is 1. The van der Waals surface area contributed by atoms with E-state index in [0.29, 0.717) is 13.1 Å². The Labute approximate surface area is 157 Å². The van der Waals surface area contributed by atoms with E-state index in [1.807, 2.05) is 37.9 Å². The van der Waals surface area contributed by atoms with Crippen molar-refractivity contribution >= 4 is 22.4 Å². The number of aromatic amines is 1. The van der Waals surface area contributed by atoms with Gasteiger partial charge in [0.1, 0.15) is 11.9 Å². The van der Waals surface area contributed by atoms with Crippen molar-refractivity contribution in [2.24, 2.45) is 0 Å².